The predicted octanol–water partition coefficient (Wildman–Crippen LogP) is 4.41. The van der Waals surface area contributed by atoms with Crippen LogP contribution in [0.3, 0.4) is 0 Å². The fraction of sp³-hybridized carbons (Fsp3) is 0.174. The molecule has 3 aromatic rings. The van der Waals surface area contributed by atoms with Gasteiger partial charge in [-0.15, -0.1) is 0 Å². The first kappa shape index (κ1) is 20.1. The number of ether oxygens (including phenoxy) is 2. The topological polar surface area (TPSA) is 73.3 Å². The van der Waals surface area contributed by atoms with Gasteiger partial charge in [-0.2, -0.15) is 0 Å². The summed E-state index contributed by atoms with van der Waals surface area (Å²) in [6.07, 6.45) is 8.33. The van der Waals surface area contributed by atoms with Crippen LogP contribution in [-0.4, -0.2) is 22.5 Å². The largest absolute Gasteiger partial charge is 0.490 e. The molecular weight excluding hydrogens is 366 g/mol. The lowest BCUT2D eigenvalue weighted by Gasteiger charge is -2.12. The third-order valence-corrected chi connectivity index (χ3v) is 3.98. The first-order valence-electron chi connectivity index (χ1n) is 9.34. The molecule has 1 amide bonds. The summed E-state index contributed by atoms with van der Waals surface area (Å²) < 4.78 is 11.6. The molecule has 2 heterocycles. The van der Waals surface area contributed by atoms with E-state index in [2.05, 4.69) is 15.3 Å². The van der Waals surface area contributed by atoms with Crippen molar-refractivity contribution in [3.8, 4) is 11.5 Å². The van der Waals surface area contributed by atoms with E-state index in [0.29, 0.717) is 30.5 Å². The molecule has 29 heavy (non-hydrogen) atoms. The molecule has 0 radical (unpaired) electrons. The number of hydrogen-bond donors (Lipinski definition) is 1. The molecule has 6 heteroatoms. The molecule has 0 saturated carbocycles. The molecule has 2 aromatic heterocycles. The van der Waals surface area contributed by atoms with Crippen molar-refractivity contribution in [1.82, 2.24) is 9.97 Å². The highest BCUT2D eigenvalue weighted by molar-refractivity contribution is 6.01. The fourth-order valence-corrected chi connectivity index (χ4v) is 2.60. The summed E-state index contributed by atoms with van der Waals surface area (Å²) in [6.45, 7) is 4.76. The molecule has 148 valence electrons. The average molecular weight is 389 g/mol. The monoisotopic (exact) mass is 389 g/mol. The third kappa shape index (κ3) is 6.17. The first-order valence-corrected chi connectivity index (χ1v) is 9.34. The number of rotatable bonds is 8. The van der Waals surface area contributed by atoms with Gasteiger partial charge in [-0.05, 0) is 61.4 Å². The molecule has 0 aliphatic rings. The lowest BCUT2D eigenvalue weighted by atomic mass is 10.2. The van der Waals surface area contributed by atoms with Gasteiger partial charge < -0.3 is 14.8 Å². The SMILES string of the molecule is CCOc1cc(/C=C/C(=O)Nc2cc(C)ccn2)ccc1OCc1cccnc1. The number of pyridine rings is 2. The normalized spacial score (nSPS) is 10.7. The van der Waals surface area contributed by atoms with E-state index in [1.54, 1.807) is 24.7 Å². The highest BCUT2D eigenvalue weighted by Crippen LogP contribution is 2.29. The van der Waals surface area contributed by atoms with Gasteiger partial charge in [-0.25, -0.2) is 4.98 Å². The van der Waals surface area contributed by atoms with Crippen molar-refractivity contribution in [3.05, 3.63) is 83.8 Å². The standard InChI is InChI=1S/C23H23N3O3/c1-3-28-21-14-18(6-8-20(21)29-16-19-5-4-11-24-15-19)7-9-23(27)26-22-13-17(2)10-12-25-22/h4-15H,3,16H2,1-2H3,(H,25,26,27)/b9-7+. The van der Waals surface area contributed by atoms with Crippen molar-refractivity contribution in [3.63, 3.8) is 0 Å². The number of carbonyl (C=O) groups excluding carboxylic acids is 1. The molecule has 1 aromatic carbocycles. The summed E-state index contributed by atoms with van der Waals surface area (Å²) in [5, 5.41) is 2.74. The molecule has 3 rings (SSSR count). The zero-order valence-corrected chi connectivity index (χ0v) is 16.5. The van der Waals surface area contributed by atoms with Crippen LogP contribution in [-0.2, 0) is 11.4 Å². The Hall–Kier alpha value is -3.67. The van der Waals surface area contributed by atoms with Crippen molar-refractivity contribution in [1.29, 1.82) is 0 Å². The molecule has 6 nitrogen and oxygen atoms in total. The lowest BCUT2D eigenvalue weighted by molar-refractivity contribution is -0.111. The predicted molar refractivity (Wildman–Crippen MR) is 113 cm³/mol. The van der Waals surface area contributed by atoms with Crippen LogP contribution in [0.4, 0.5) is 5.82 Å². The summed E-state index contributed by atoms with van der Waals surface area (Å²) in [7, 11) is 0. The highest BCUT2D eigenvalue weighted by atomic mass is 16.5. The maximum Gasteiger partial charge on any atom is 0.249 e. The van der Waals surface area contributed by atoms with Crippen molar-refractivity contribution < 1.29 is 14.3 Å². The van der Waals surface area contributed by atoms with Gasteiger partial charge in [0.2, 0.25) is 5.91 Å². The summed E-state index contributed by atoms with van der Waals surface area (Å²) in [5.41, 5.74) is 2.83. The van der Waals surface area contributed by atoms with Gasteiger partial charge >= 0.3 is 0 Å². The Morgan fingerprint density at radius 3 is 2.76 bits per heavy atom. The average Bonchev–Trinajstić information content (AvgIpc) is 2.72. The molecule has 0 aliphatic heterocycles. The second kappa shape index (κ2) is 10.0. The van der Waals surface area contributed by atoms with Crippen LogP contribution in [0.15, 0.2) is 67.1 Å². The molecule has 0 atom stereocenters. The van der Waals surface area contributed by atoms with Crippen molar-refractivity contribution in [2.45, 2.75) is 20.5 Å². The van der Waals surface area contributed by atoms with E-state index in [0.717, 1.165) is 16.7 Å². The zero-order valence-electron chi connectivity index (χ0n) is 16.5. The van der Waals surface area contributed by atoms with Gasteiger partial charge in [0, 0.05) is 30.2 Å². The maximum atomic E-state index is 12.1. The molecule has 0 aliphatic carbocycles. The van der Waals surface area contributed by atoms with Crippen molar-refractivity contribution in [2.75, 3.05) is 11.9 Å². The van der Waals surface area contributed by atoms with E-state index in [1.165, 1.54) is 6.08 Å². The molecule has 1 N–H and O–H groups in total. The maximum absolute atomic E-state index is 12.1. The van der Waals surface area contributed by atoms with Crippen LogP contribution in [0.1, 0.15) is 23.6 Å². The Bertz CT molecular complexity index is 988. The number of aryl methyl sites for hydroxylation is 1. The number of carbonyl (C=O) groups is 1. The van der Waals surface area contributed by atoms with Gasteiger partial charge in [0.25, 0.3) is 0 Å². The molecule has 0 saturated heterocycles. The summed E-state index contributed by atoms with van der Waals surface area (Å²) >= 11 is 0. The van der Waals surface area contributed by atoms with Crippen LogP contribution in [0.5, 0.6) is 11.5 Å². The number of amides is 1. The summed E-state index contributed by atoms with van der Waals surface area (Å²) in [4.78, 5) is 20.3. The minimum atomic E-state index is -0.252. The van der Waals surface area contributed by atoms with E-state index >= 15 is 0 Å². The number of nitrogens with zero attached hydrogens (tertiary/aromatic N) is 2. The van der Waals surface area contributed by atoms with Gasteiger partial charge in [0.1, 0.15) is 12.4 Å². The molecular formula is C23H23N3O3. The Morgan fingerprint density at radius 2 is 2.00 bits per heavy atom. The second-order valence-corrected chi connectivity index (χ2v) is 6.33. The van der Waals surface area contributed by atoms with Gasteiger partial charge in [-0.3, -0.25) is 9.78 Å². The number of hydrogen-bond acceptors (Lipinski definition) is 5. The number of benzene rings is 1. The minimum absolute atomic E-state index is 0.252. The Morgan fingerprint density at radius 1 is 1.10 bits per heavy atom. The zero-order chi connectivity index (χ0) is 20.5. The fourth-order valence-electron chi connectivity index (χ4n) is 2.60. The van der Waals surface area contributed by atoms with Crippen LogP contribution < -0.4 is 14.8 Å². The van der Waals surface area contributed by atoms with Crippen molar-refractivity contribution >= 4 is 17.8 Å². The van der Waals surface area contributed by atoms with Crippen LogP contribution in [0.2, 0.25) is 0 Å². The molecule has 0 bridgehead atoms. The van der Waals surface area contributed by atoms with Gasteiger partial charge in [0.05, 0.1) is 6.61 Å². The Balaban J connectivity index is 1.66. The van der Waals surface area contributed by atoms with E-state index < -0.39 is 0 Å². The van der Waals surface area contributed by atoms with Crippen LogP contribution in [0.25, 0.3) is 6.08 Å². The lowest BCUT2D eigenvalue weighted by Crippen LogP contribution is -2.09. The van der Waals surface area contributed by atoms with Crippen LogP contribution >= 0.6 is 0 Å². The first-order chi connectivity index (χ1) is 14.1. The number of aromatic nitrogens is 2. The third-order valence-electron chi connectivity index (χ3n) is 3.98. The van der Waals surface area contributed by atoms with E-state index in [4.69, 9.17) is 9.47 Å². The second-order valence-electron chi connectivity index (χ2n) is 6.33. The van der Waals surface area contributed by atoms with E-state index in [-0.39, 0.29) is 5.91 Å². The molecule has 0 unspecified atom stereocenters. The van der Waals surface area contributed by atoms with Gasteiger partial charge in [-0.1, -0.05) is 12.1 Å². The molecule has 0 fully saturated rings. The number of nitrogens with one attached hydrogen (secondary N) is 1. The molecule has 0 spiro atoms. The van der Waals surface area contributed by atoms with E-state index in [9.17, 15) is 4.79 Å². The summed E-state index contributed by atoms with van der Waals surface area (Å²) in [5.74, 6) is 1.53. The smallest absolute Gasteiger partial charge is 0.249 e. The number of anilines is 1. The van der Waals surface area contributed by atoms with Gasteiger partial charge in [0.15, 0.2) is 11.5 Å². The quantitative estimate of drug-likeness (QED) is 0.578. The Kier molecular flexibility index (Phi) is 6.95. The summed E-state index contributed by atoms with van der Waals surface area (Å²) in [6, 6.07) is 13.1. The van der Waals surface area contributed by atoms with Crippen LogP contribution in [0, 0.1) is 6.92 Å². The van der Waals surface area contributed by atoms with E-state index in [1.807, 2.05) is 56.3 Å². The highest BCUT2D eigenvalue weighted by Gasteiger charge is 2.07. The van der Waals surface area contributed by atoms with Crippen molar-refractivity contribution in [2.24, 2.45) is 0 Å². The Labute approximate surface area is 170 Å². The minimum Gasteiger partial charge on any atom is -0.490 e.